The summed E-state index contributed by atoms with van der Waals surface area (Å²) >= 11 is 1.72. The fourth-order valence-corrected chi connectivity index (χ4v) is 1.98. The predicted octanol–water partition coefficient (Wildman–Crippen LogP) is 0.608. The quantitative estimate of drug-likeness (QED) is 0.705. The van der Waals surface area contributed by atoms with Crippen molar-refractivity contribution in [1.29, 1.82) is 0 Å². The van der Waals surface area contributed by atoms with Gasteiger partial charge in [-0.1, -0.05) is 0 Å². The molecule has 0 atom stereocenters. The fraction of sp³-hybridized carbons (Fsp3) is 0.714. The molecule has 1 fully saturated rings. The molecule has 4 heteroatoms. The van der Waals surface area contributed by atoms with E-state index in [9.17, 15) is 0 Å². The molecule has 1 saturated heterocycles. The maximum absolute atomic E-state index is 4.08. The molecule has 11 heavy (non-hydrogen) atoms. The van der Waals surface area contributed by atoms with Crippen LogP contribution >= 0.6 is 11.3 Å². The van der Waals surface area contributed by atoms with Gasteiger partial charge in [0, 0.05) is 6.42 Å². The minimum Gasteiger partial charge on any atom is -0.316 e. The van der Waals surface area contributed by atoms with E-state index in [0.29, 0.717) is 0 Å². The third-order valence-corrected chi connectivity index (χ3v) is 2.76. The van der Waals surface area contributed by atoms with Gasteiger partial charge in [0.25, 0.3) is 0 Å². The van der Waals surface area contributed by atoms with Crippen molar-refractivity contribution in [2.45, 2.75) is 13.3 Å². The van der Waals surface area contributed by atoms with E-state index < -0.39 is 0 Å². The second-order valence-electron chi connectivity index (χ2n) is 2.94. The van der Waals surface area contributed by atoms with Gasteiger partial charge in [0.2, 0.25) is 0 Å². The summed E-state index contributed by atoms with van der Waals surface area (Å²) in [5.41, 5.74) is 0. The average molecular weight is 169 g/mol. The van der Waals surface area contributed by atoms with Crippen molar-refractivity contribution in [2.75, 3.05) is 13.1 Å². The molecule has 0 aromatic carbocycles. The van der Waals surface area contributed by atoms with Gasteiger partial charge in [-0.15, -0.1) is 21.5 Å². The van der Waals surface area contributed by atoms with Crippen LogP contribution in [0.4, 0.5) is 0 Å². The summed E-state index contributed by atoms with van der Waals surface area (Å²) in [5, 5.41) is 13.6. The molecule has 3 nitrogen and oxygen atoms in total. The SMILES string of the molecule is Cc1nnc(CC2CNC2)s1. The van der Waals surface area contributed by atoms with Gasteiger partial charge < -0.3 is 5.32 Å². The minimum absolute atomic E-state index is 0.808. The highest BCUT2D eigenvalue weighted by Gasteiger charge is 2.18. The zero-order valence-electron chi connectivity index (χ0n) is 6.50. The Morgan fingerprint density at radius 2 is 2.36 bits per heavy atom. The van der Waals surface area contributed by atoms with E-state index in [1.807, 2.05) is 6.92 Å². The number of nitrogens with zero attached hydrogens (tertiary/aromatic N) is 2. The van der Waals surface area contributed by atoms with Crippen LogP contribution in [0.1, 0.15) is 10.0 Å². The lowest BCUT2D eigenvalue weighted by atomic mass is 10.0. The highest BCUT2D eigenvalue weighted by Crippen LogP contribution is 2.15. The number of aromatic nitrogens is 2. The monoisotopic (exact) mass is 169 g/mol. The summed E-state index contributed by atoms with van der Waals surface area (Å²) in [7, 11) is 0. The van der Waals surface area contributed by atoms with Crippen molar-refractivity contribution >= 4 is 11.3 Å². The highest BCUT2D eigenvalue weighted by molar-refractivity contribution is 7.11. The average Bonchev–Trinajstić information content (AvgIpc) is 2.27. The van der Waals surface area contributed by atoms with Gasteiger partial charge in [0.1, 0.15) is 10.0 Å². The van der Waals surface area contributed by atoms with Crippen molar-refractivity contribution < 1.29 is 0 Å². The molecule has 0 saturated carbocycles. The van der Waals surface area contributed by atoms with Gasteiger partial charge in [0.05, 0.1) is 0 Å². The van der Waals surface area contributed by atoms with Crippen molar-refractivity contribution in [1.82, 2.24) is 15.5 Å². The van der Waals surface area contributed by atoms with Crippen LogP contribution in [0.5, 0.6) is 0 Å². The van der Waals surface area contributed by atoms with Crippen LogP contribution in [0.25, 0.3) is 0 Å². The van der Waals surface area contributed by atoms with Crippen molar-refractivity contribution in [3.8, 4) is 0 Å². The lowest BCUT2D eigenvalue weighted by Crippen LogP contribution is -2.43. The van der Waals surface area contributed by atoms with Gasteiger partial charge >= 0.3 is 0 Å². The second-order valence-corrected chi connectivity index (χ2v) is 4.21. The third kappa shape index (κ3) is 1.57. The Bertz CT molecular complexity index is 242. The van der Waals surface area contributed by atoms with E-state index in [1.54, 1.807) is 11.3 Å². The molecule has 60 valence electrons. The zero-order valence-corrected chi connectivity index (χ0v) is 7.32. The van der Waals surface area contributed by atoms with E-state index in [0.717, 1.165) is 30.4 Å². The lowest BCUT2D eigenvalue weighted by molar-refractivity contribution is 0.345. The molecule has 0 spiro atoms. The van der Waals surface area contributed by atoms with Gasteiger partial charge in [-0.05, 0) is 25.9 Å². The highest BCUT2D eigenvalue weighted by atomic mass is 32.1. The predicted molar refractivity (Wildman–Crippen MR) is 44.7 cm³/mol. The summed E-state index contributed by atoms with van der Waals surface area (Å²) < 4.78 is 0. The first-order chi connectivity index (χ1) is 5.34. The first-order valence-corrected chi connectivity index (χ1v) is 4.66. The summed E-state index contributed by atoms with van der Waals surface area (Å²) in [5.74, 6) is 0.808. The maximum atomic E-state index is 4.08. The third-order valence-electron chi connectivity index (χ3n) is 1.90. The standard InChI is InChI=1S/C7H11N3S/c1-5-9-10-7(11-5)2-6-3-8-4-6/h6,8H,2-4H2,1H3. The molecule has 1 aliphatic rings. The zero-order chi connectivity index (χ0) is 7.68. The molecule has 1 aliphatic heterocycles. The Morgan fingerprint density at radius 1 is 1.55 bits per heavy atom. The fourth-order valence-electron chi connectivity index (χ4n) is 1.16. The molecular formula is C7H11N3S. The molecule has 0 radical (unpaired) electrons. The normalized spacial score (nSPS) is 18.3. The number of rotatable bonds is 2. The Hall–Kier alpha value is -0.480. The van der Waals surface area contributed by atoms with Crippen molar-refractivity contribution in [3.05, 3.63) is 10.0 Å². The van der Waals surface area contributed by atoms with Gasteiger partial charge in [-0.3, -0.25) is 0 Å². The minimum atomic E-state index is 0.808. The lowest BCUT2D eigenvalue weighted by Gasteiger charge is -2.25. The Morgan fingerprint density at radius 3 is 2.82 bits per heavy atom. The molecule has 0 unspecified atom stereocenters. The molecular weight excluding hydrogens is 158 g/mol. The van der Waals surface area contributed by atoms with E-state index in [-0.39, 0.29) is 0 Å². The number of hydrogen-bond acceptors (Lipinski definition) is 4. The van der Waals surface area contributed by atoms with Crippen LogP contribution in [-0.4, -0.2) is 23.3 Å². The summed E-state index contributed by atoms with van der Waals surface area (Å²) in [6, 6.07) is 0. The molecule has 1 aromatic heterocycles. The molecule has 2 heterocycles. The maximum Gasteiger partial charge on any atom is 0.117 e. The molecule has 0 amide bonds. The van der Waals surface area contributed by atoms with E-state index >= 15 is 0 Å². The van der Waals surface area contributed by atoms with Crippen LogP contribution in [0.15, 0.2) is 0 Å². The Kier molecular flexibility index (Phi) is 1.87. The Labute approximate surface area is 69.8 Å². The summed E-state index contributed by atoms with van der Waals surface area (Å²) in [6.07, 6.45) is 1.11. The molecule has 1 aromatic rings. The van der Waals surface area contributed by atoms with E-state index in [1.165, 1.54) is 5.01 Å². The first kappa shape index (κ1) is 7.18. The molecule has 2 rings (SSSR count). The largest absolute Gasteiger partial charge is 0.316 e. The van der Waals surface area contributed by atoms with Crippen LogP contribution < -0.4 is 5.32 Å². The first-order valence-electron chi connectivity index (χ1n) is 3.84. The van der Waals surface area contributed by atoms with Crippen LogP contribution in [-0.2, 0) is 6.42 Å². The summed E-state index contributed by atoms with van der Waals surface area (Å²) in [4.78, 5) is 0. The number of hydrogen-bond donors (Lipinski definition) is 1. The second kappa shape index (κ2) is 2.87. The van der Waals surface area contributed by atoms with Gasteiger partial charge in [-0.2, -0.15) is 0 Å². The number of aryl methyl sites for hydroxylation is 1. The summed E-state index contributed by atoms with van der Waals surface area (Å²) in [6.45, 7) is 4.30. The molecule has 1 N–H and O–H groups in total. The van der Waals surface area contributed by atoms with Gasteiger partial charge in [-0.25, -0.2) is 0 Å². The van der Waals surface area contributed by atoms with E-state index in [2.05, 4.69) is 15.5 Å². The van der Waals surface area contributed by atoms with Crippen LogP contribution in [0.2, 0.25) is 0 Å². The van der Waals surface area contributed by atoms with Crippen molar-refractivity contribution in [3.63, 3.8) is 0 Å². The van der Waals surface area contributed by atoms with Crippen LogP contribution in [0, 0.1) is 12.8 Å². The van der Waals surface area contributed by atoms with Crippen molar-refractivity contribution in [2.24, 2.45) is 5.92 Å². The molecule has 0 bridgehead atoms. The Balaban J connectivity index is 1.95. The van der Waals surface area contributed by atoms with E-state index in [4.69, 9.17) is 0 Å². The molecule has 0 aliphatic carbocycles. The number of nitrogens with one attached hydrogen (secondary N) is 1. The topological polar surface area (TPSA) is 37.8 Å². The van der Waals surface area contributed by atoms with Crippen LogP contribution in [0.3, 0.4) is 0 Å². The smallest absolute Gasteiger partial charge is 0.117 e. The van der Waals surface area contributed by atoms with Gasteiger partial charge in [0.15, 0.2) is 0 Å².